The number of carboxylic acids is 1. The molecule has 0 spiro atoms. The third-order valence-corrected chi connectivity index (χ3v) is 2.24. The third kappa shape index (κ3) is 6.85. The molecule has 2 amide bonds. The van der Waals surface area contributed by atoms with Crippen LogP contribution in [-0.4, -0.2) is 59.0 Å². The molecule has 0 heterocycles. The van der Waals surface area contributed by atoms with E-state index in [0.717, 1.165) is 0 Å². The average Bonchev–Trinajstić information content (AvgIpc) is 2.22. The van der Waals surface area contributed by atoms with Gasteiger partial charge < -0.3 is 20.4 Å². The van der Waals surface area contributed by atoms with Crippen LogP contribution in [0.1, 0.15) is 13.8 Å². The van der Waals surface area contributed by atoms with Crippen LogP contribution in [0.3, 0.4) is 0 Å². The summed E-state index contributed by atoms with van der Waals surface area (Å²) < 4.78 is 36.7. The Hall–Kier alpha value is -1.51. The first kappa shape index (κ1) is 17.5. The lowest BCUT2D eigenvalue weighted by Crippen LogP contribution is -2.52. The second-order valence-corrected chi connectivity index (χ2v) is 4.27. The van der Waals surface area contributed by atoms with Crippen LogP contribution in [-0.2, 0) is 4.79 Å². The summed E-state index contributed by atoms with van der Waals surface area (Å²) >= 11 is 0. The normalized spacial score (nSPS) is 13.2. The summed E-state index contributed by atoms with van der Waals surface area (Å²) in [7, 11) is 0. The predicted octanol–water partition coefficient (Wildman–Crippen LogP) is 0.662. The first-order valence-electron chi connectivity index (χ1n) is 5.54. The van der Waals surface area contributed by atoms with Gasteiger partial charge in [-0.05, 0) is 5.92 Å². The summed E-state index contributed by atoms with van der Waals surface area (Å²) in [6, 6.07) is -2.46. The van der Waals surface area contributed by atoms with Gasteiger partial charge in [-0.2, -0.15) is 13.2 Å². The van der Waals surface area contributed by atoms with E-state index in [0.29, 0.717) is 4.90 Å². The molecule has 0 aliphatic heterocycles. The molecule has 0 aliphatic rings. The van der Waals surface area contributed by atoms with Crippen LogP contribution in [0, 0.1) is 5.92 Å². The summed E-state index contributed by atoms with van der Waals surface area (Å²) in [5.74, 6) is -1.82. The zero-order chi connectivity index (χ0) is 15.2. The molecule has 0 unspecified atom stereocenters. The zero-order valence-corrected chi connectivity index (χ0v) is 10.6. The Morgan fingerprint density at radius 2 is 1.84 bits per heavy atom. The van der Waals surface area contributed by atoms with Crippen LogP contribution in [0.4, 0.5) is 18.0 Å². The maximum atomic E-state index is 12.2. The SMILES string of the molecule is CC(C)[C@@H](NC(=O)N(CCO)CC(F)(F)F)C(=O)O. The van der Waals surface area contributed by atoms with Gasteiger partial charge in [0.25, 0.3) is 0 Å². The lowest BCUT2D eigenvalue weighted by molar-refractivity contribution is -0.142. The molecule has 6 nitrogen and oxygen atoms in total. The van der Waals surface area contributed by atoms with Gasteiger partial charge in [0.1, 0.15) is 12.6 Å². The first-order chi connectivity index (χ1) is 8.58. The van der Waals surface area contributed by atoms with Crippen molar-refractivity contribution in [1.29, 1.82) is 0 Å². The van der Waals surface area contributed by atoms with Crippen LogP contribution >= 0.6 is 0 Å². The van der Waals surface area contributed by atoms with E-state index in [4.69, 9.17) is 10.2 Å². The van der Waals surface area contributed by atoms with Gasteiger partial charge in [-0.25, -0.2) is 9.59 Å². The van der Waals surface area contributed by atoms with Crippen LogP contribution in [0.5, 0.6) is 0 Å². The van der Waals surface area contributed by atoms with Gasteiger partial charge in [-0.1, -0.05) is 13.8 Å². The Morgan fingerprint density at radius 3 is 2.16 bits per heavy atom. The van der Waals surface area contributed by atoms with Crippen LogP contribution in [0.2, 0.25) is 0 Å². The number of nitrogens with zero attached hydrogens (tertiary/aromatic N) is 1. The fourth-order valence-electron chi connectivity index (χ4n) is 1.33. The molecule has 0 aliphatic carbocycles. The van der Waals surface area contributed by atoms with Crippen molar-refractivity contribution in [3.63, 3.8) is 0 Å². The molecule has 9 heteroatoms. The van der Waals surface area contributed by atoms with E-state index < -0.39 is 49.8 Å². The molecule has 0 fully saturated rings. The summed E-state index contributed by atoms with van der Waals surface area (Å²) in [6.45, 7) is 0.293. The van der Waals surface area contributed by atoms with Gasteiger partial charge in [0.2, 0.25) is 0 Å². The number of urea groups is 1. The number of rotatable bonds is 6. The Morgan fingerprint density at radius 1 is 1.32 bits per heavy atom. The molecular formula is C10H17F3N2O4. The molecule has 1 atom stereocenters. The lowest BCUT2D eigenvalue weighted by Gasteiger charge is -2.26. The van der Waals surface area contributed by atoms with Crippen molar-refractivity contribution in [3.8, 4) is 0 Å². The van der Waals surface area contributed by atoms with Crippen molar-refractivity contribution in [2.75, 3.05) is 19.7 Å². The molecule has 0 bridgehead atoms. The van der Waals surface area contributed by atoms with Crippen molar-refractivity contribution in [2.24, 2.45) is 5.92 Å². The highest BCUT2D eigenvalue weighted by atomic mass is 19.4. The van der Waals surface area contributed by atoms with Crippen LogP contribution in [0.15, 0.2) is 0 Å². The molecule has 0 saturated heterocycles. The number of hydrogen-bond acceptors (Lipinski definition) is 3. The molecule has 0 rings (SSSR count). The number of nitrogens with one attached hydrogen (secondary N) is 1. The van der Waals surface area contributed by atoms with Crippen molar-refractivity contribution in [2.45, 2.75) is 26.1 Å². The highest BCUT2D eigenvalue weighted by Crippen LogP contribution is 2.16. The van der Waals surface area contributed by atoms with Crippen molar-refractivity contribution >= 4 is 12.0 Å². The van der Waals surface area contributed by atoms with Gasteiger partial charge in [0.15, 0.2) is 0 Å². The van der Waals surface area contributed by atoms with E-state index in [2.05, 4.69) is 0 Å². The number of carbonyl (C=O) groups excluding carboxylic acids is 1. The topological polar surface area (TPSA) is 89.9 Å². The summed E-state index contributed by atoms with van der Waals surface area (Å²) in [6.07, 6.45) is -4.62. The van der Waals surface area contributed by atoms with Gasteiger partial charge in [-0.3, -0.25) is 0 Å². The maximum absolute atomic E-state index is 12.2. The standard InChI is InChI=1S/C10H17F3N2O4/c1-6(2)7(8(17)18)14-9(19)15(3-4-16)5-10(11,12)13/h6-7,16H,3-5H2,1-2H3,(H,14,19)(H,17,18)/t7-/m1/s1. The van der Waals surface area contributed by atoms with Crippen molar-refractivity contribution < 1.29 is 33.0 Å². The minimum absolute atomic E-state index is 0.318. The first-order valence-corrected chi connectivity index (χ1v) is 5.54. The molecule has 19 heavy (non-hydrogen) atoms. The fraction of sp³-hybridized carbons (Fsp3) is 0.800. The predicted molar refractivity (Wildman–Crippen MR) is 59.5 cm³/mol. The zero-order valence-electron chi connectivity index (χ0n) is 10.6. The second kappa shape index (κ2) is 7.17. The van der Waals surface area contributed by atoms with Gasteiger partial charge in [0.05, 0.1) is 6.61 Å². The van der Waals surface area contributed by atoms with Crippen LogP contribution in [0.25, 0.3) is 0 Å². The molecular weight excluding hydrogens is 269 g/mol. The molecule has 0 aromatic carbocycles. The number of carboxylic acid groups (broad SMARTS) is 1. The monoisotopic (exact) mass is 286 g/mol. The van der Waals surface area contributed by atoms with Crippen molar-refractivity contribution in [1.82, 2.24) is 10.2 Å². The highest BCUT2D eigenvalue weighted by molar-refractivity contribution is 5.82. The van der Waals surface area contributed by atoms with E-state index in [1.807, 2.05) is 5.32 Å². The van der Waals surface area contributed by atoms with Crippen molar-refractivity contribution in [3.05, 3.63) is 0 Å². The third-order valence-electron chi connectivity index (χ3n) is 2.24. The Balaban J connectivity index is 4.76. The average molecular weight is 286 g/mol. The second-order valence-electron chi connectivity index (χ2n) is 4.27. The summed E-state index contributed by atoms with van der Waals surface area (Å²) in [5.41, 5.74) is 0. The molecule has 0 saturated carbocycles. The highest BCUT2D eigenvalue weighted by Gasteiger charge is 2.34. The Labute approximate surface area is 108 Å². The van der Waals surface area contributed by atoms with Crippen LogP contribution < -0.4 is 5.32 Å². The minimum atomic E-state index is -4.62. The maximum Gasteiger partial charge on any atom is 0.406 e. The number of alkyl halides is 3. The molecule has 112 valence electrons. The number of amides is 2. The smallest absolute Gasteiger partial charge is 0.406 e. The molecule has 0 aromatic rings. The summed E-state index contributed by atoms with van der Waals surface area (Å²) in [5, 5.41) is 19.5. The quantitative estimate of drug-likeness (QED) is 0.669. The van der Waals surface area contributed by atoms with Gasteiger partial charge in [-0.15, -0.1) is 0 Å². The molecule has 0 radical (unpaired) electrons. The number of halogens is 3. The summed E-state index contributed by atoms with van der Waals surface area (Å²) in [4.78, 5) is 22.7. The minimum Gasteiger partial charge on any atom is -0.480 e. The van der Waals surface area contributed by atoms with E-state index in [-0.39, 0.29) is 0 Å². The Bertz CT molecular complexity index is 320. The fourth-order valence-corrected chi connectivity index (χ4v) is 1.33. The van der Waals surface area contributed by atoms with E-state index >= 15 is 0 Å². The molecule has 3 N–H and O–H groups in total. The largest absolute Gasteiger partial charge is 0.480 e. The van der Waals surface area contributed by atoms with E-state index in [9.17, 15) is 22.8 Å². The lowest BCUT2D eigenvalue weighted by atomic mass is 10.1. The number of aliphatic hydroxyl groups excluding tert-OH is 1. The number of aliphatic hydroxyl groups is 1. The van der Waals surface area contributed by atoms with Gasteiger partial charge >= 0.3 is 18.2 Å². The van der Waals surface area contributed by atoms with E-state index in [1.54, 1.807) is 0 Å². The molecule has 0 aromatic heterocycles. The number of hydrogen-bond donors (Lipinski definition) is 3. The number of carbonyl (C=O) groups is 2. The van der Waals surface area contributed by atoms with E-state index in [1.165, 1.54) is 13.8 Å². The van der Waals surface area contributed by atoms with Gasteiger partial charge in [0, 0.05) is 6.54 Å². The Kier molecular flexibility index (Phi) is 6.60. The number of aliphatic carboxylic acids is 1.